The van der Waals surface area contributed by atoms with Gasteiger partial charge < -0.3 is 18.6 Å². The Bertz CT molecular complexity index is 930. The fraction of sp³-hybridized carbons (Fsp3) is 0.381. The van der Waals surface area contributed by atoms with E-state index in [9.17, 15) is 4.79 Å². The summed E-state index contributed by atoms with van der Waals surface area (Å²) in [5.74, 6) is 1.52. The van der Waals surface area contributed by atoms with Gasteiger partial charge in [-0.1, -0.05) is 23.4 Å². The van der Waals surface area contributed by atoms with Crippen LogP contribution in [-0.2, 0) is 16.1 Å². The summed E-state index contributed by atoms with van der Waals surface area (Å²) >= 11 is 0. The lowest BCUT2D eigenvalue weighted by molar-refractivity contribution is -0.137. The maximum atomic E-state index is 12.1. The Balaban J connectivity index is 1.36. The molecule has 152 valence electrons. The van der Waals surface area contributed by atoms with E-state index in [1.54, 1.807) is 18.4 Å². The summed E-state index contributed by atoms with van der Waals surface area (Å²) in [5.41, 5.74) is 2.07. The summed E-state index contributed by atoms with van der Waals surface area (Å²) in [6.45, 7) is 6.57. The molecule has 0 radical (unpaired) electrons. The largest absolute Gasteiger partial charge is 0.459 e. The van der Waals surface area contributed by atoms with Crippen molar-refractivity contribution in [1.82, 2.24) is 19.9 Å². The van der Waals surface area contributed by atoms with Gasteiger partial charge in [-0.3, -0.25) is 9.69 Å². The van der Waals surface area contributed by atoms with Gasteiger partial charge in [-0.25, -0.2) is 0 Å². The number of carbonyl (C=O) groups is 1. The van der Waals surface area contributed by atoms with Crippen molar-refractivity contribution in [2.45, 2.75) is 13.5 Å². The van der Waals surface area contributed by atoms with E-state index in [1.165, 1.54) is 5.56 Å². The van der Waals surface area contributed by atoms with E-state index in [0.717, 1.165) is 38.3 Å². The van der Waals surface area contributed by atoms with Gasteiger partial charge in [0.15, 0.2) is 5.76 Å². The summed E-state index contributed by atoms with van der Waals surface area (Å²) in [7, 11) is 0. The summed E-state index contributed by atoms with van der Waals surface area (Å²) in [6.07, 6.45) is 1.57. The zero-order valence-electron chi connectivity index (χ0n) is 16.4. The molecule has 29 heavy (non-hydrogen) atoms. The third-order valence-corrected chi connectivity index (χ3v) is 4.90. The van der Waals surface area contributed by atoms with Crippen LogP contribution < -0.4 is 0 Å². The maximum Gasteiger partial charge on any atom is 0.293 e. The van der Waals surface area contributed by atoms with Crippen molar-refractivity contribution in [3.63, 3.8) is 0 Å². The molecule has 0 bridgehead atoms. The van der Waals surface area contributed by atoms with Crippen LogP contribution in [0.3, 0.4) is 0 Å². The number of hydrogen-bond donors (Lipinski definition) is 0. The molecule has 1 aliphatic heterocycles. The van der Waals surface area contributed by atoms with Crippen LogP contribution in [0, 0.1) is 0 Å². The van der Waals surface area contributed by atoms with Crippen LogP contribution in [0.4, 0.5) is 0 Å². The van der Waals surface area contributed by atoms with Gasteiger partial charge in [-0.2, -0.15) is 4.98 Å². The van der Waals surface area contributed by atoms with E-state index in [1.807, 2.05) is 24.0 Å². The molecule has 0 saturated carbocycles. The quantitative estimate of drug-likeness (QED) is 0.607. The van der Waals surface area contributed by atoms with Gasteiger partial charge >= 0.3 is 0 Å². The highest BCUT2D eigenvalue weighted by Gasteiger charge is 2.21. The number of carbonyl (C=O) groups excluding carboxylic acids is 1. The van der Waals surface area contributed by atoms with E-state index in [0.29, 0.717) is 24.1 Å². The lowest BCUT2D eigenvalue weighted by atomic mass is 10.1. The van der Waals surface area contributed by atoms with Gasteiger partial charge in [0.2, 0.25) is 11.7 Å². The third kappa shape index (κ3) is 4.72. The second kappa shape index (κ2) is 9.02. The lowest BCUT2D eigenvalue weighted by Gasteiger charge is -2.34. The smallest absolute Gasteiger partial charge is 0.293 e. The molecule has 1 saturated heterocycles. The van der Waals surface area contributed by atoms with E-state index >= 15 is 0 Å². The lowest BCUT2D eigenvalue weighted by Crippen LogP contribution is -2.49. The Morgan fingerprint density at radius 3 is 2.79 bits per heavy atom. The molecule has 1 amide bonds. The number of ether oxygens (including phenoxy) is 1. The average molecular weight is 396 g/mol. The Morgan fingerprint density at radius 1 is 1.17 bits per heavy atom. The van der Waals surface area contributed by atoms with Crippen molar-refractivity contribution in [2.24, 2.45) is 0 Å². The van der Waals surface area contributed by atoms with Crippen LogP contribution in [0.25, 0.3) is 23.0 Å². The van der Waals surface area contributed by atoms with E-state index in [2.05, 4.69) is 27.2 Å². The molecule has 0 N–H and O–H groups in total. The van der Waals surface area contributed by atoms with Gasteiger partial charge in [0.1, 0.15) is 6.61 Å². The van der Waals surface area contributed by atoms with Gasteiger partial charge in [-0.05, 0) is 30.7 Å². The molecule has 0 atom stereocenters. The fourth-order valence-corrected chi connectivity index (χ4v) is 3.34. The molecule has 0 aliphatic carbocycles. The highest BCUT2D eigenvalue weighted by atomic mass is 16.5. The zero-order chi connectivity index (χ0) is 20.1. The number of furan rings is 1. The highest BCUT2D eigenvalue weighted by Crippen LogP contribution is 2.23. The first-order valence-corrected chi connectivity index (χ1v) is 9.77. The first kappa shape index (κ1) is 19.4. The Kier molecular flexibility index (Phi) is 6.02. The number of rotatable bonds is 7. The SMILES string of the molecule is CCOCC(=O)N1CCN(Cc2cccc(-c3noc(-c4ccco4)n3)c2)CC1. The summed E-state index contributed by atoms with van der Waals surface area (Å²) in [5, 5.41) is 4.07. The van der Waals surface area contributed by atoms with Crippen molar-refractivity contribution in [3.05, 3.63) is 48.2 Å². The number of nitrogens with zero attached hydrogens (tertiary/aromatic N) is 4. The molecule has 3 heterocycles. The number of benzene rings is 1. The van der Waals surface area contributed by atoms with E-state index in [4.69, 9.17) is 13.7 Å². The van der Waals surface area contributed by atoms with E-state index in [-0.39, 0.29) is 12.5 Å². The summed E-state index contributed by atoms with van der Waals surface area (Å²) in [4.78, 5) is 20.7. The van der Waals surface area contributed by atoms with Crippen LogP contribution >= 0.6 is 0 Å². The maximum absolute atomic E-state index is 12.1. The van der Waals surface area contributed by atoms with Crippen molar-refractivity contribution in [1.29, 1.82) is 0 Å². The monoisotopic (exact) mass is 396 g/mol. The molecule has 1 aliphatic rings. The normalized spacial score (nSPS) is 15.0. The predicted molar refractivity (Wildman–Crippen MR) is 106 cm³/mol. The topological polar surface area (TPSA) is 84.8 Å². The van der Waals surface area contributed by atoms with Gasteiger partial charge in [-0.15, -0.1) is 0 Å². The molecular formula is C21H24N4O4. The minimum atomic E-state index is 0.0676. The molecule has 4 rings (SSSR count). The summed E-state index contributed by atoms with van der Waals surface area (Å²) in [6, 6.07) is 11.7. The Morgan fingerprint density at radius 2 is 2.03 bits per heavy atom. The number of aromatic nitrogens is 2. The van der Waals surface area contributed by atoms with Crippen molar-refractivity contribution in [2.75, 3.05) is 39.4 Å². The predicted octanol–water partition coefficient (Wildman–Crippen LogP) is 2.68. The Labute approximate surface area is 169 Å². The standard InChI is InChI=1S/C21H24N4O4/c1-2-27-15-19(26)25-10-8-24(9-11-25)14-16-5-3-6-17(13-16)20-22-21(29-23-20)18-7-4-12-28-18/h3-7,12-13H,2,8-11,14-15H2,1H3. The molecule has 1 fully saturated rings. The first-order valence-electron chi connectivity index (χ1n) is 9.77. The van der Waals surface area contributed by atoms with Gasteiger partial charge in [0, 0.05) is 44.9 Å². The number of hydrogen-bond acceptors (Lipinski definition) is 7. The second-order valence-electron chi connectivity index (χ2n) is 6.89. The first-order chi connectivity index (χ1) is 14.2. The highest BCUT2D eigenvalue weighted by molar-refractivity contribution is 5.77. The fourth-order valence-electron chi connectivity index (χ4n) is 3.34. The van der Waals surface area contributed by atoms with Gasteiger partial charge in [0.05, 0.1) is 6.26 Å². The molecule has 0 spiro atoms. The minimum Gasteiger partial charge on any atom is -0.459 e. The summed E-state index contributed by atoms with van der Waals surface area (Å²) < 4.78 is 15.8. The van der Waals surface area contributed by atoms with Crippen LogP contribution in [0.1, 0.15) is 12.5 Å². The van der Waals surface area contributed by atoms with Crippen LogP contribution in [-0.4, -0.2) is 65.2 Å². The Hall–Kier alpha value is -2.97. The molecule has 1 aromatic carbocycles. The van der Waals surface area contributed by atoms with Crippen LogP contribution in [0.15, 0.2) is 51.6 Å². The number of amides is 1. The second-order valence-corrected chi connectivity index (χ2v) is 6.89. The molecule has 0 unspecified atom stereocenters. The van der Waals surface area contributed by atoms with E-state index < -0.39 is 0 Å². The van der Waals surface area contributed by atoms with Crippen LogP contribution in [0.2, 0.25) is 0 Å². The van der Waals surface area contributed by atoms with Crippen molar-refractivity contribution < 1.29 is 18.5 Å². The molecule has 3 aromatic rings. The molecule has 2 aromatic heterocycles. The molecule has 8 heteroatoms. The third-order valence-electron chi connectivity index (χ3n) is 4.90. The molecule has 8 nitrogen and oxygen atoms in total. The molecular weight excluding hydrogens is 372 g/mol. The number of piperazine rings is 1. The van der Waals surface area contributed by atoms with Gasteiger partial charge in [0.25, 0.3) is 5.89 Å². The van der Waals surface area contributed by atoms with Crippen LogP contribution in [0.5, 0.6) is 0 Å². The minimum absolute atomic E-state index is 0.0676. The average Bonchev–Trinajstić information content (AvgIpc) is 3.44. The zero-order valence-corrected chi connectivity index (χ0v) is 16.4. The van der Waals surface area contributed by atoms with Crippen molar-refractivity contribution >= 4 is 5.91 Å². The van der Waals surface area contributed by atoms with Crippen molar-refractivity contribution in [3.8, 4) is 23.0 Å².